The van der Waals surface area contributed by atoms with Gasteiger partial charge in [0.2, 0.25) is 0 Å². The molecule has 0 N–H and O–H groups in total. The predicted octanol–water partition coefficient (Wildman–Crippen LogP) is 1.82. The average Bonchev–Trinajstić information content (AvgIpc) is 2.45. The van der Waals surface area contributed by atoms with Gasteiger partial charge in [-0.3, -0.25) is 0 Å². The summed E-state index contributed by atoms with van der Waals surface area (Å²) in [5, 5.41) is 0. The monoisotopic (exact) mass is 114 g/mol. The molecule has 2 atom stereocenters. The molecule has 0 saturated carbocycles. The van der Waals surface area contributed by atoms with Crippen LogP contribution < -0.4 is 0 Å². The standard InChI is InChI=1S/C7H14O/c1-3-4-6(2)7-5-8-7/h6-7H,3-5H2,1-2H3/t6?,7-/m1/s1. The van der Waals surface area contributed by atoms with Crippen molar-refractivity contribution in [3.05, 3.63) is 0 Å². The van der Waals surface area contributed by atoms with Crippen molar-refractivity contribution in [1.82, 2.24) is 0 Å². The summed E-state index contributed by atoms with van der Waals surface area (Å²) in [6, 6.07) is 0. The fraction of sp³-hybridized carbons (Fsp3) is 1.00. The van der Waals surface area contributed by atoms with Crippen molar-refractivity contribution in [3.8, 4) is 0 Å². The van der Waals surface area contributed by atoms with E-state index in [9.17, 15) is 0 Å². The van der Waals surface area contributed by atoms with Crippen LogP contribution in [-0.2, 0) is 4.74 Å². The van der Waals surface area contributed by atoms with E-state index in [2.05, 4.69) is 13.8 Å². The van der Waals surface area contributed by atoms with E-state index < -0.39 is 0 Å². The van der Waals surface area contributed by atoms with Gasteiger partial charge in [-0.15, -0.1) is 0 Å². The third kappa shape index (κ3) is 1.48. The third-order valence-electron chi connectivity index (χ3n) is 1.74. The van der Waals surface area contributed by atoms with Gasteiger partial charge < -0.3 is 4.74 Å². The van der Waals surface area contributed by atoms with Gasteiger partial charge in [-0.25, -0.2) is 0 Å². The van der Waals surface area contributed by atoms with Gasteiger partial charge in [0, 0.05) is 0 Å². The zero-order valence-electron chi connectivity index (χ0n) is 5.68. The molecule has 1 rings (SSSR count). The smallest absolute Gasteiger partial charge is 0.0835 e. The fourth-order valence-corrected chi connectivity index (χ4v) is 1.03. The first-order valence-electron chi connectivity index (χ1n) is 3.46. The number of rotatable bonds is 3. The molecule has 0 amide bonds. The van der Waals surface area contributed by atoms with E-state index in [-0.39, 0.29) is 0 Å². The number of ether oxygens (including phenoxy) is 1. The molecular formula is C7H14O. The molecule has 0 aromatic heterocycles. The van der Waals surface area contributed by atoms with Gasteiger partial charge in [0.25, 0.3) is 0 Å². The minimum absolute atomic E-state index is 0.620. The first-order valence-corrected chi connectivity index (χ1v) is 3.46. The Hall–Kier alpha value is -0.0400. The van der Waals surface area contributed by atoms with Crippen LogP contribution in [0.25, 0.3) is 0 Å². The lowest BCUT2D eigenvalue weighted by Gasteiger charge is -2.02. The molecule has 8 heavy (non-hydrogen) atoms. The van der Waals surface area contributed by atoms with Gasteiger partial charge in [0.05, 0.1) is 12.7 Å². The number of hydrogen-bond acceptors (Lipinski definition) is 1. The van der Waals surface area contributed by atoms with Crippen molar-refractivity contribution < 1.29 is 4.74 Å². The van der Waals surface area contributed by atoms with Crippen molar-refractivity contribution >= 4 is 0 Å². The molecule has 48 valence electrons. The van der Waals surface area contributed by atoms with Crippen molar-refractivity contribution in [3.63, 3.8) is 0 Å². The Bertz CT molecular complexity index is 66.8. The van der Waals surface area contributed by atoms with Crippen molar-refractivity contribution in [2.75, 3.05) is 6.61 Å². The first kappa shape index (κ1) is 6.09. The number of hydrogen-bond donors (Lipinski definition) is 0. The molecule has 1 nitrogen and oxygen atoms in total. The Morgan fingerprint density at radius 2 is 2.38 bits per heavy atom. The highest BCUT2D eigenvalue weighted by Crippen LogP contribution is 2.23. The van der Waals surface area contributed by atoms with Crippen molar-refractivity contribution in [2.45, 2.75) is 32.8 Å². The third-order valence-corrected chi connectivity index (χ3v) is 1.74. The lowest BCUT2D eigenvalue weighted by molar-refractivity contribution is 0.329. The Morgan fingerprint density at radius 3 is 2.75 bits per heavy atom. The van der Waals surface area contributed by atoms with Crippen LogP contribution in [0.2, 0.25) is 0 Å². The van der Waals surface area contributed by atoms with Crippen molar-refractivity contribution in [1.29, 1.82) is 0 Å². The number of epoxide rings is 1. The Morgan fingerprint density at radius 1 is 1.75 bits per heavy atom. The molecule has 0 aromatic rings. The molecular weight excluding hydrogens is 100 g/mol. The maximum atomic E-state index is 5.12. The van der Waals surface area contributed by atoms with Crippen LogP contribution in [0.5, 0.6) is 0 Å². The quantitative estimate of drug-likeness (QED) is 0.510. The summed E-state index contributed by atoms with van der Waals surface area (Å²) in [5.74, 6) is 0.806. The van der Waals surface area contributed by atoms with Crippen LogP contribution in [-0.4, -0.2) is 12.7 Å². The highest BCUT2D eigenvalue weighted by Gasteiger charge is 2.28. The Balaban J connectivity index is 2.03. The molecule has 0 aromatic carbocycles. The van der Waals surface area contributed by atoms with E-state index in [1.54, 1.807) is 0 Å². The van der Waals surface area contributed by atoms with Gasteiger partial charge >= 0.3 is 0 Å². The van der Waals surface area contributed by atoms with Gasteiger partial charge in [-0.2, -0.15) is 0 Å². The zero-order chi connectivity index (χ0) is 5.98. The second kappa shape index (κ2) is 2.49. The summed E-state index contributed by atoms with van der Waals surface area (Å²) in [6.45, 7) is 5.50. The second-order valence-electron chi connectivity index (χ2n) is 2.64. The highest BCUT2D eigenvalue weighted by molar-refractivity contribution is 4.74. The zero-order valence-corrected chi connectivity index (χ0v) is 5.68. The van der Waals surface area contributed by atoms with E-state index >= 15 is 0 Å². The van der Waals surface area contributed by atoms with E-state index in [4.69, 9.17) is 4.74 Å². The maximum absolute atomic E-state index is 5.12. The van der Waals surface area contributed by atoms with E-state index in [0.717, 1.165) is 12.5 Å². The van der Waals surface area contributed by atoms with E-state index in [1.807, 2.05) is 0 Å². The first-order chi connectivity index (χ1) is 3.84. The molecule has 0 spiro atoms. The van der Waals surface area contributed by atoms with Gasteiger partial charge in [-0.05, 0) is 12.3 Å². The molecule has 0 aliphatic carbocycles. The molecule has 1 heteroatoms. The minimum atomic E-state index is 0.620. The van der Waals surface area contributed by atoms with Crippen LogP contribution in [0.1, 0.15) is 26.7 Å². The molecule has 1 fully saturated rings. The highest BCUT2D eigenvalue weighted by atomic mass is 16.6. The predicted molar refractivity (Wildman–Crippen MR) is 33.8 cm³/mol. The summed E-state index contributed by atoms with van der Waals surface area (Å²) < 4.78 is 5.12. The van der Waals surface area contributed by atoms with Gasteiger partial charge in [0.1, 0.15) is 0 Å². The topological polar surface area (TPSA) is 12.5 Å². The van der Waals surface area contributed by atoms with Crippen LogP contribution in [0, 0.1) is 5.92 Å². The molecule has 1 heterocycles. The molecule has 0 bridgehead atoms. The van der Waals surface area contributed by atoms with Gasteiger partial charge in [0.15, 0.2) is 0 Å². The summed E-state index contributed by atoms with van der Waals surface area (Å²) in [4.78, 5) is 0. The van der Waals surface area contributed by atoms with Crippen LogP contribution in [0.15, 0.2) is 0 Å². The summed E-state index contributed by atoms with van der Waals surface area (Å²) in [5.41, 5.74) is 0. The largest absolute Gasteiger partial charge is 0.373 e. The molecule has 1 unspecified atom stereocenters. The SMILES string of the molecule is CCCC(C)[C@H]1CO1. The van der Waals surface area contributed by atoms with Crippen LogP contribution in [0.3, 0.4) is 0 Å². The van der Waals surface area contributed by atoms with E-state index in [0.29, 0.717) is 6.10 Å². The summed E-state index contributed by atoms with van der Waals surface area (Å²) >= 11 is 0. The van der Waals surface area contributed by atoms with Crippen LogP contribution >= 0.6 is 0 Å². The van der Waals surface area contributed by atoms with Crippen molar-refractivity contribution in [2.24, 2.45) is 5.92 Å². The Labute approximate surface area is 51.0 Å². The van der Waals surface area contributed by atoms with E-state index in [1.165, 1.54) is 12.8 Å². The lowest BCUT2D eigenvalue weighted by Crippen LogP contribution is -2.01. The average molecular weight is 114 g/mol. The molecule has 1 saturated heterocycles. The fourth-order valence-electron chi connectivity index (χ4n) is 1.03. The molecule has 1 aliphatic heterocycles. The van der Waals surface area contributed by atoms with Gasteiger partial charge in [-0.1, -0.05) is 20.3 Å². The van der Waals surface area contributed by atoms with Crippen LogP contribution in [0.4, 0.5) is 0 Å². The molecule has 1 aliphatic rings. The minimum Gasteiger partial charge on any atom is -0.373 e. The Kier molecular flexibility index (Phi) is 1.90. The summed E-state index contributed by atoms with van der Waals surface area (Å²) in [6.07, 6.45) is 3.24. The molecule has 0 radical (unpaired) electrons. The normalized spacial score (nSPS) is 30.0. The maximum Gasteiger partial charge on any atom is 0.0835 e. The second-order valence-corrected chi connectivity index (χ2v) is 2.64. The lowest BCUT2D eigenvalue weighted by atomic mass is 10.0. The summed E-state index contributed by atoms with van der Waals surface area (Å²) in [7, 11) is 0.